The van der Waals surface area contributed by atoms with Gasteiger partial charge in [0.1, 0.15) is 24.7 Å². The molecule has 0 spiro atoms. The molecule has 1 aromatic rings. The van der Waals surface area contributed by atoms with E-state index in [-0.39, 0.29) is 0 Å². The maximum absolute atomic E-state index is 5.61. The third-order valence-corrected chi connectivity index (χ3v) is 2.73. The van der Waals surface area contributed by atoms with E-state index in [1.54, 1.807) is 0 Å². The quantitative estimate of drug-likeness (QED) is 0.666. The van der Waals surface area contributed by atoms with Gasteiger partial charge in [-0.25, -0.2) is 0 Å². The summed E-state index contributed by atoms with van der Waals surface area (Å²) in [5.74, 6) is 1.75. The molecular weight excluding hydrogens is 208 g/mol. The lowest BCUT2D eigenvalue weighted by atomic mass is 10.1. The molecule has 0 saturated heterocycles. The molecule has 2 heterocycles. The van der Waals surface area contributed by atoms with Gasteiger partial charge in [0.2, 0.25) is 0 Å². The maximum atomic E-state index is 5.61. The maximum Gasteiger partial charge on any atom is 0.128 e. The summed E-state index contributed by atoms with van der Waals surface area (Å²) in [5.41, 5.74) is 2.15. The van der Waals surface area contributed by atoms with Crippen LogP contribution < -0.4 is 9.47 Å². The predicted molar refractivity (Wildman–Crippen MR) is 56.7 cm³/mol. The third-order valence-electron chi connectivity index (χ3n) is 2.73. The van der Waals surface area contributed by atoms with Crippen molar-refractivity contribution in [2.24, 2.45) is 0 Å². The van der Waals surface area contributed by atoms with Gasteiger partial charge >= 0.3 is 0 Å². The molecule has 1 aromatic carbocycles. The molecule has 0 bridgehead atoms. The van der Waals surface area contributed by atoms with Crippen LogP contribution in [0.1, 0.15) is 11.1 Å². The summed E-state index contributed by atoms with van der Waals surface area (Å²) < 4.78 is 22.1. The highest BCUT2D eigenvalue weighted by Crippen LogP contribution is 2.32. The van der Waals surface area contributed by atoms with Crippen molar-refractivity contribution in [1.82, 2.24) is 0 Å². The number of rotatable bonds is 0. The Morgan fingerprint density at radius 3 is 1.81 bits per heavy atom. The summed E-state index contributed by atoms with van der Waals surface area (Å²) in [4.78, 5) is 0. The van der Waals surface area contributed by atoms with Gasteiger partial charge in [0.25, 0.3) is 0 Å². The Morgan fingerprint density at radius 2 is 1.25 bits per heavy atom. The highest BCUT2D eigenvalue weighted by Gasteiger charge is 2.16. The van der Waals surface area contributed by atoms with Gasteiger partial charge in [-0.1, -0.05) is 0 Å². The average Bonchev–Trinajstić information content (AvgIpc) is 2.64. The number of hydrogen-bond donors (Lipinski definition) is 0. The first-order valence-corrected chi connectivity index (χ1v) is 5.50. The summed E-state index contributed by atoms with van der Waals surface area (Å²) in [6, 6.07) is 4.01. The second-order valence-electron chi connectivity index (χ2n) is 3.87. The van der Waals surface area contributed by atoms with Crippen LogP contribution in [0.3, 0.4) is 0 Å². The number of fused-ring (bicyclic) bond motifs is 2. The molecule has 16 heavy (non-hydrogen) atoms. The summed E-state index contributed by atoms with van der Waals surface area (Å²) >= 11 is 0. The monoisotopic (exact) mass is 222 g/mol. The molecular formula is C12H14O4. The number of hydrogen-bond acceptors (Lipinski definition) is 4. The van der Waals surface area contributed by atoms with Crippen molar-refractivity contribution in [2.45, 2.75) is 13.2 Å². The van der Waals surface area contributed by atoms with E-state index in [1.807, 2.05) is 6.07 Å². The van der Waals surface area contributed by atoms with Gasteiger partial charge in [-0.2, -0.15) is 0 Å². The van der Waals surface area contributed by atoms with Crippen LogP contribution in [0.25, 0.3) is 0 Å². The number of ether oxygens (including phenoxy) is 4. The zero-order valence-corrected chi connectivity index (χ0v) is 9.03. The standard InChI is InChI=1S/C12H14O4/c1-3-15-11-6-12-10(5-9(11)7-13-1)8-14-2-4-16-12/h5-6H,1-4,7-8H2. The van der Waals surface area contributed by atoms with Crippen LogP contribution in [0, 0.1) is 0 Å². The zero-order valence-electron chi connectivity index (χ0n) is 9.03. The van der Waals surface area contributed by atoms with Crippen LogP contribution in [-0.2, 0) is 22.7 Å². The van der Waals surface area contributed by atoms with Gasteiger partial charge < -0.3 is 18.9 Å². The molecule has 0 amide bonds. The molecule has 0 radical (unpaired) electrons. The minimum atomic E-state index is 0.599. The minimum absolute atomic E-state index is 0.599. The Kier molecular flexibility index (Phi) is 2.68. The normalized spacial score (nSPS) is 19.5. The van der Waals surface area contributed by atoms with Crippen molar-refractivity contribution in [2.75, 3.05) is 26.4 Å². The fourth-order valence-corrected chi connectivity index (χ4v) is 1.94. The van der Waals surface area contributed by atoms with Crippen molar-refractivity contribution < 1.29 is 18.9 Å². The smallest absolute Gasteiger partial charge is 0.128 e. The van der Waals surface area contributed by atoms with Crippen LogP contribution in [0.4, 0.5) is 0 Å². The Bertz CT molecular complexity index is 321. The third kappa shape index (κ3) is 1.86. The first-order valence-electron chi connectivity index (χ1n) is 5.50. The van der Waals surface area contributed by atoms with Gasteiger partial charge in [0, 0.05) is 17.2 Å². The molecule has 3 rings (SSSR count). The van der Waals surface area contributed by atoms with E-state index < -0.39 is 0 Å². The first kappa shape index (κ1) is 9.93. The molecule has 0 aromatic heterocycles. The molecule has 2 aliphatic heterocycles. The van der Waals surface area contributed by atoms with E-state index in [0.29, 0.717) is 39.6 Å². The Morgan fingerprint density at radius 1 is 0.688 bits per heavy atom. The van der Waals surface area contributed by atoms with Gasteiger partial charge in [-0.05, 0) is 6.07 Å². The van der Waals surface area contributed by atoms with E-state index in [0.717, 1.165) is 22.6 Å². The fraction of sp³-hybridized carbons (Fsp3) is 0.500. The van der Waals surface area contributed by atoms with Crippen molar-refractivity contribution in [1.29, 1.82) is 0 Å². The summed E-state index contributed by atoms with van der Waals surface area (Å²) in [6.07, 6.45) is 0. The van der Waals surface area contributed by atoms with Crippen molar-refractivity contribution in [3.63, 3.8) is 0 Å². The second-order valence-corrected chi connectivity index (χ2v) is 3.87. The van der Waals surface area contributed by atoms with Crippen LogP contribution in [-0.4, -0.2) is 26.4 Å². The molecule has 0 unspecified atom stereocenters. The first-order chi connectivity index (χ1) is 7.93. The zero-order chi connectivity index (χ0) is 10.8. The van der Waals surface area contributed by atoms with Crippen molar-refractivity contribution in [3.05, 3.63) is 23.3 Å². The molecule has 0 aliphatic carbocycles. The fourth-order valence-electron chi connectivity index (χ4n) is 1.94. The van der Waals surface area contributed by atoms with Crippen molar-refractivity contribution in [3.8, 4) is 11.5 Å². The summed E-state index contributed by atoms with van der Waals surface area (Å²) in [6.45, 7) is 3.67. The van der Waals surface area contributed by atoms with E-state index in [9.17, 15) is 0 Å². The second kappa shape index (κ2) is 4.31. The largest absolute Gasteiger partial charge is 0.491 e. The van der Waals surface area contributed by atoms with E-state index in [4.69, 9.17) is 18.9 Å². The lowest BCUT2D eigenvalue weighted by Gasteiger charge is -2.11. The van der Waals surface area contributed by atoms with Crippen molar-refractivity contribution >= 4 is 0 Å². The highest BCUT2D eigenvalue weighted by atomic mass is 16.5. The Balaban J connectivity index is 2.00. The summed E-state index contributed by atoms with van der Waals surface area (Å²) in [5, 5.41) is 0. The average molecular weight is 222 g/mol. The molecule has 4 heteroatoms. The molecule has 0 saturated carbocycles. The van der Waals surface area contributed by atoms with Gasteiger partial charge in [0.15, 0.2) is 0 Å². The van der Waals surface area contributed by atoms with Crippen LogP contribution >= 0.6 is 0 Å². The molecule has 86 valence electrons. The predicted octanol–water partition coefficient (Wildman–Crippen LogP) is 1.50. The lowest BCUT2D eigenvalue weighted by molar-refractivity contribution is 0.104. The van der Waals surface area contributed by atoms with Crippen LogP contribution in [0.2, 0.25) is 0 Å². The summed E-state index contributed by atoms with van der Waals surface area (Å²) in [7, 11) is 0. The van der Waals surface area contributed by atoms with Crippen LogP contribution in [0.5, 0.6) is 11.5 Å². The molecule has 2 aliphatic rings. The van der Waals surface area contributed by atoms with E-state index in [1.165, 1.54) is 0 Å². The van der Waals surface area contributed by atoms with Gasteiger partial charge in [-0.3, -0.25) is 0 Å². The highest BCUT2D eigenvalue weighted by molar-refractivity contribution is 5.46. The molecule has 0 fully saturated rings. The number of benzene rings is 1. The molecule has 0 N–H and O–H groups in total. The van der Waals surface area contributed by atoms with E-state index >= 15 is 0 Å². The molecule has 0 atom stereocenters. The minimum Gasteiger partial charge on any atom is -0.491 e. The Labute approximate surface area is 94.1 Å². The van der Waals surface area contributed by atoms with Gasteiger partial charge in [-0.15, -0.1) is 0 Å². The Hall–Kier alpha value is -1.26. The SMILES string of the molecule is c1c2c(cc3c1COCCO3)OCCOC2. The molecule has 4 nitrogen and oxygen atoms in total. The van der Waals surface area contributed by atoms with E-state index in [2.05, 4.69) is 6.07 Å². The van der Waals surface area contributed by atoms with Crippen LogP contribution in [0.15, 0.2) is 12.1 Å². The topological polar surface area (TPSA) is 36.9 Å². The lowest BCUT2D eigenvalue weighted by Crippen LogP contribution is -2.02. The van der Waals surface area contributed by atoms with Gasteiger partial charge in [0.05, 0.1) is 26.4 Å².